The molecule has 0 radical (unpaired) electrons. The van der Waals surface area contributed by atoms with Crippen molar-refractivity contribution >= 4 is 5.91 Å². The highest BCUT2D eigenvalue weighted by atomic mass is 16.2. The molecule has 0 aliphatic carbocycles. The molecule has 74 valence electrons. The number of hydrogen-bond acceptors (Lipinski definition) is 2. The van der Waals surface area contributed by atoms with Gasteiger partial charge >= 0.3 is 0 Å². The molecular formula is C10H18N2O. The molecule has 0 spiro atoms. The van der Waals surface area contributed by atoms with E-state index in [4.69, 9.17) is 0 Å². The van der Waals surface area contributed by atoms with Crippen LogP contribution in [0.4, 0.5) is 0 Å². The Balaban J connectivity index is 2.16. The quantitative estimate of drug-likeness (QED) is 0.649. The van der Waals surface area contributed by atoms with Crippen molar-refractivity contribution in [3.05, 3.63) is 0 Å². The molecule has 13 heavy (non-hydrogen) atoms. The summed E-state index contributed by atoms with van der Waals surface area (Å²) in [5.41, 5.74) is -0.188. The fourth-order valence-electron chi connectivity index (χ4n) is 2.72. The summed E-state index contributed by atoms with van der Waals surface area (Å²) in [6.45, 7) is 0. The van der Waals surface area contributed by atoms with Crippen LogP contribution in [0.3, 0.4) is 0 Å². The smallest absolute Gasteiger partial charge is 0.242 e. The molecule has 2 saturated heterocycles. The lowest BCUT2D eigenvalue weighted by Crippen LogP contribution is -2.56. The standard InChI is InChI=1S/C10H18N2O/c1-12(2)9(13)10-6-3-4-8(11-10)5-7-10/h8,11H,3-7H2,1-2H3. The summed E-state index contributed by atoms with van der Waals surface area (Å²) in [5, 5.41) is 3.49. The van der Waals surface area contributed by atoms with Gasteiger partial charge in [-0.25, -0.2) is 0 Å². The van der Waals surface area contributed by atoms with Crippen LogP contribution < -0.4 is 5.32 Å². The Bertz CT molecular complexity index is 223. The topological polar surface area (TPSA) is 32.3 Å². The van der Waals surface area contributed by atoms with Crippen LogP contribution in [0, 0.1) is 0 Å². The molecule has 0 aromatic rings. The van der Waals surface area contributed by atoms with E-state index in [0.29, 0.717) is 6.04 Å². The van der Waals surface area contributed by atoms with Crippen LogP contribution in [0.2, 0.25) is 0 Å². The fourth-order valence-corrected chi connectivity index (χ4v) is 2.72. The van der Waals surface area contributed by atoms with E-state index in [2.05, 4.69) is 5.32 Å². The lowest BCUT2D eigenvalue weighted by atomic mass is 9.89. The van der Waals surface area contributed by atoms with E-state index in [0.717, 1.165) is 12.8 Å². The SMILES string of the molecule is CN(C)C(=O)C12CCCC(CC1)N2. The molecule has 0 saturated carbocycles. The van der Waals surface area contributed by atoms with Gasteiger partial charge in [-0.1, -0.05) is 0 Å². The number of carbonyl (C=O) groups excluding carboxylic acids is 1. The molecule has 2 rings (SSSR count). The third-order valence-electron chi connectivity index (χ3n) is 3.37. The fraction of sp³-hybridized carbons (Fsp3) is 0.900. The number of nitrogens with one attached hydrogen (secondary N) is 1. The number of likely N-dealkylation sites (N-methyl/N-ethyl adjacent to an activating group) is 1. The van der Waals surface area contributed by atoms with E-state index >= 15 is 0 Å². The average Bonchev–Trinajstić information content (AvgIpc) is 2.42. The third-order valence-corrected chi connectivity index (χ3v) is 3.37. The minimum atomic E-state index is -0.188. The summed E-state index contributed by atoms with van der Waals surface area (Å²) in [5.74, 6) is 0.273. The molecule has 3 heteroatoms. The van der Waals surface area contributed by atoms with Gasteiger partial charge in [-0.05, 0) is 32.1 Å². The van der Waals surface area contributed by atoms with Gasteiger partial charge in [0.05, 0.1) is 5.54 Å². The van der Waals surface area contributed by atoms with E-state index in [-0.39, 0.29) is 11.4 Å². The lowest BCUT2D eigenvalue weighted by Gasteiger charge is -2.35. The maximum atomic E-state index is 11.9. The highest BCUT2D eigenvalue weighted by molar-refractivity contribution is 5.86. The molecule has 2 bridgehead atoms. The minimum Gasteiger partial charge on any atom is -0.347 e. The number of nitrogens with zero attached hydrogens (tertiary/aromatic N) is 1. The monoisotopic (exact) mass is 182 g/mol. The number of hydrogen-bond donors (Lipinski definition) is 1. The largest absolute Gasteiger partial charge is 0.347 e. The molecule has 3 nitrogen and oxygen atoms in total. The van der Waals surface area contributed by atoms with E-state index < -0.39 is 0 Å². The minimum absolute atomic E-state index is 0.188. The molecule has 2 atom stereocenters. The van der Waals surface area contributed by atoms with E-state index in [1.807, 2.05) is 14.1 Å². The predicted molar refractivity (Wildman–Crippen MR) is 51.4 cm³/mol. The maximum Gasteiger partial charge on any atom is 0.242 e. The van der Waals surface area contributed by atoms with Crippen molar-refractivity contribution in [1.82, 2.24) is 10.2 Å². The zero-order valence-electron chi connectivity index (χ0n) is 8.47. The van der Waals surface area contributed by atoms with Crippen molar-refractivity contribution < 1.29 is 4.79 Å². The third kappa shape index (κ3) is 1.35. The second-order valence-electron chi connectivity index (χ2n) is 4.55. The summed E-state index contributed by atoms with van der Waals surface area (Å²) in [4.78, 5) is 13.7. The highest BCUT2D eigenvalue weighted by Crippen LogP contribution is 2.36. The molecule has 0 aromatic heterocycles. The number of rotatable bonds is 1. The van der Waals surface area contributed by atoms with Crippen molar-refractivity contribution in [2.45, 2.75) is 43.7 Å². The van der Waals surface area contributed by atoms with Crippen LogP contribution in [-0.4, -0.2) is 36.5 Å². The Morgan fingerprint density at radius 1 is 1.38 bits per heavy atom. The first-order valence-corrected chi connectivity index (χ1v) is 5.13. The molecule has 2 heterocycles. The molecule has 1 N–H and O–H groups in total. The summed E-state index contributed by atoms with van der Waals surface area (Å²) in [6.07, 6.45) is 5.70. The van der Waals surface area contributed by atoms with Gasteiger partial charge in [0.15, 0.2) is 0 Å². The Morgan fingerprint density at radius 2 is 2.15 bits per heavy atom. The number of fused-ring (bicyclic) bond motifs is 2. The van der Waals surface area contributed by atoms with E-state index in [1.54, 1.807) is 4.90 Å². The van der Waals surface area contributed by atoms with Gasteiger partial charge in [-0.3, -0.25) is 4.79 Å². The zero-order chi connectivity index (χ0) is 9.47. The second kappa shape index (κ2) is 2.98. The zero-order valence-corrected chi connectivity index (χ0v) is 8.47. The lowest BCUT2D eigenvalue weighted by molar-refractivity contribution is -0.136. The van der Waals surface area contributed by atoms with Crippen molar-refractivity contribution in [2.75, 3.05) is 14.1 Å². The van der Waals surface area contributed by atoms with Crippen molar-refractivity contribution in [1.29, 1.82) is 0 Å². The normalized spacial score (nSPS) is 37.5. The van der Waals surface area contributed by atoms with Crippen LogP contribution in [0.5, 0.6) is 0 Å². The Hall–Kier alpha value is -0.570. The summed E-state index contributed by atoms with van der Waals surface area (Å²) in [7, 11) is 3.70. The first-order chi connectivity index (χ1) is 6.14. The summed E-state index contributed by atoms with van der Waals surface area (Å²) < 4.78 is 0. The Morgan fingerprint density at radius 3 is 2.85 bits per heavy atom. The summed E-state index contributed by atoms with van der Waals surface area (Å²) >= 11 is 0. The number of piperidine rings is 1. The average molecular weight is 182 g/mol. The molecule has 2 fully saturated rings. The van der Waals surface area contributed by atoms with Crippen molar-refractivity contribution in [3.63, 3.8) is 0 Å². The van der Waals surface area contributed by atoms with E-state index in [1.165, 1.54) is 19.3 Å². The Labute approximate surface area is 79.5 Å². The molecule has 2 aliphatic rings. The molecular weight excluding hydrogens is 164 g/mol. The number of amides is 1. The van der Waals surface area contributed by atoms with Gasteiger partial charge in [0.2, 0.25) is 5.91 Å². The first kappa shape index (κ1) is 9.00. The van der Waals surface area contributed by atoms with Crippen molar-refractivity contribution in [3.8, 4) is 0 Å². The van der Waals surface area contributed by atoms with Gasteiger partial charge < -0.3 is 10.2 Å². The van der Waals surface area contributed by atoms with Gasteiger partial charge in [0.1, 0.15) is 0 Å². The van der Waals surface area contributed by atoms with Gasteiger partial charge in [-0.2, -0.15) is 0 Å². The van der Waals surface area contributed by atoms with Crippen LogP contribution in [-0.2, 0) is 4.79 Å². The summed E-state index contributed by atoms with van der Waals surface area (Å²) in [6, 6.07) is 0.609. The molecule has 1 amide bonds. The molecule has 2 aliphatic heterocycles. The van der Waals surface area contributed by atoms with Gasteiger partial charge in [-0.15, -0.1) is 0 Å². The van der Waals surface area contributed by atoms with Gasteiger partial charge in [0.25, 0.3) is 0 Å². The number of carbonyl (C=O) groups is 1. The Kier molecular flexibility index (Phi) is 2.06. The van der Waals surface area contributed by atoms with Crippen LogP contribution >= 0.6 is 0 Å². The first-order valence-electron chi connectivity index (χ1n) is 5.13. The van der Waals surface area contributed by atoms with Crippen LogP contribution in [0.15, 0.2) is 0 Å². The van der Waals surface area contributed by atoms with Crippen molar-refractivity contribution in [2.24, 2.45) is 0 Å². The maximum absolute atomic E-state index is 11.9. The van der Waals surface area contributed by atoms with Crippen LogP contribution in [0.1, 0.15) is 32.1 Å². The molecule has 2 unspecified atom stereocenters. The predicted octanol–water partition coefficient (Wildman–Crippen LogP) is 0.749. The van der Waals surface area contributed by atoms with E-state index in [9.17, 15) is 4.79 Å². The van der Waals surface area contributed by atoms with Crippen LogP contribution in [0.25, 0.3) is 0 Å². The molecule has 0 aromatic carbocycles. The highest BCUT2D eigenvalue weighted by Gasteiger charge is 2.47. The van der Waals surface area contributed by atoms with Gasteiger partial charge in [0, 0.05) is 20.1 Å². The second-order valence-corrected chi connectivity index (χ2v) is 4.55.